The lowest BCUT2D eigenvalue weighted by molar-refractivity contribution is -0.129. The van der Waals surface area contributed by atoms with E-state index in [2.05, 4.69) is 10.2 Å². The molecule has 1 fully saturated rings. The van der Waals surface area contributed by atoms with Gasteiger partial charge in [-0.05, 0) is 38.8 Å². The molecule has 0 bridgehead atoms. The summed E-state index contributed by atoms with van der Waals surface area (Å²) in [6.45, 7) is 4.40. The highest BCUT2D eigenvalue weighted by Crippen LogP contribution is 2.30. The predicted octanol–water partition coefficient (Wildman–Crippen LogP) is 3.03. The summed E-state index contributed by atoms with van der Waals surface area (Å²) in [5.74, 6) is 2.28. The zero-order valence-electron chi connectivity index (χ0n) is 12.0. The van der Waals surface area contributed by atoms with Crippen LogP contribution in [0, 0.1) is 13.8 Å². The maximum Gasteiger partial charge on any atom is 0.233 e. The lowest BCUT2D eigenvalue weighted by atomic mass is 10.3. The highest BCUT2D eigenvalue weighted by atomic mass is 32.2. The number of amides is 1. The van der Waals surface area contributed by atoms with Crippen molar-refractivity contribution in [2.24, 2.45) is 0 Å². The summed E-state index contributed by atoms with van der Waals surface area (Å²) in [5.41, 5.74) is 0. The van der Waals surface area contributed by atoms with Crippen LogP contribution in [0.25, 0.3) is 0 Å². The smallest absolute Gasteiger partial charge is 0.233 e. The maximum atomic E-state index is 12.4. The molecule has 0 atom stereocenters. The SMILES string of the molecule is Cc1ccc(CN(C(=O)CSc2nnc(C)s2)C2CC2)o1. The molecule has 7 heteroatoms. The second-order valence-electron chi connectivity index (χ2n) is 5.14. The Hall–Kier alpha value is -1.34. The number of aromatic nitrogens is 2. The summed E-state index contributed by atoms with van der Waals surface area (Å²) in [7, 11) is 0. The van der Waals surface area contributed by atoms with Crippen LogP contribution in [0.5, 0.6) is 0 Å². The maximum absolute atomic E-state index is 12.4. The highest BCUT2D eigenvalue weighted by molar-refractivity contribution is 8.01. The molecule has 5 nitrogen and oxygen atoms in total. The minimum Gasteiger partial charge on any atom is -0.464 e. The van der Waals surface area contributed by atoms with Crippen molar-refractivity contribution >= 4 is 29.0 Å². The first-order valence-electron chi connectivity index (χ1n) is 6.89. The Morgan fingerprint density at radius 3 is 2.81 bits per heavy atom. The van der Waals surface area contributed by atoms with Crippen LogP contribution >= 0.6 is 23.1 Å². The Morgan fingerprint density at radius 1 is 1.43 bits per heavy atom. The van der Waals surface area contributed by atoms with E-state index in [1.807, 2.05) is 30.9 Å². The van der Waals surface area contributed by atoms with Crippen LogP contribution in [0.3, 0.4) is 0 Å². The Morgan fingerprint density at radius 2 is 2.24 bits per heavy atom. The summed E-state index contributed by atoms with van der Waals surface area (Å²) in [6, 6.07) is 4.25. The third-order valence-electron chi connectivity index (χ3n) is 3.26. The zero-order valence-corrected chi connectivity index (χ0v) is 13.7. The van der Waals surface area contributed by atoms with E-state index in [9.17, 15) is 4.79 Å². The van der Waals surface area contributed by atoms with E-state index in [4.69, 9.17) is 4.42 Å². The average Bonchev–Trinajstić information content (AvgIpc) is 3.09. The second kappa shape index (κ2) is 6.19. The first kappa shape index (κ1) is 14.6. The molecule has 1 aliphatic carbocycles. The zero-order chi connectivity index (χ0) is 14.8. The van der Waals surface area contributed by atoms with Gasteiger partial charge in [-0.25, -0.2) is 0 Å². The van der Waals surface area contributed by atoms with Crippen molar-refractivity contribution < 1.29 is 9.21 Å². The van der Waals surface area contributed by atoms with Gasteiger partial charge < -0.3 is 9.32 Å². The monoisotopic (exact) mass is 323 g/mol. The van der Waals surface area contributed by atoms with Crippen molar-refractivity contribution in [2.45, 2.75) is 43.6 Å². The molecule has 2 heterocycles. The number of furan rings is 1. The normalized spacial score (nSPS) is 14.4. The molecule has 112 valence electrons. The van der Waals surface area contributed by atoms with E-state index in [1.165, 1.54) is 23.1 Å². The van der Waals surface area contributed by atoms with E-state index >= 15 is 0 Å². The summed E-state index contributed by atoms with van der Waals surface area (Å²) in [5, 5.41) is 8.93. The lowest BCUT2D eigenvalue weighted by Gasteiger charge is -2.20. The van der Waals surface area contributed by atoms with Gasteiger partial charge in [-0.15, -0.1) is 10.2 Å². The molecule has 2 aromatic rings. The van der Waals surface area contributed by atoms with Gasteiger partial charge in [-0.3, -0.25) is 4.79 Å². The van der Waals surface area contributed by atoms with Crippen molar-refractivity contribution in [3.63, 3.8) is 0 Å². The van der Waals surface area contributed by atoms with Crippen molar-refractivity contribution in [1.82, 2.24) is 15.1 Å². The van der Waals surface area contributed by atoms with Crippen LogP contribution < -0.4 is 0 Å². The fraction of sp³-hybridized carbons (Fsp3) is 0.500. The molecule has 0 saturated heterocycles. The van der Waals surface area contributed by atoms with Crippen LogP contribution in [0.4, 0.5) is 0 Å². The Bertz CT molecular complexity index is 634. The van der Waals surface area contributed by atoms with E-state index in [-0.39, 0.29) is 5.91 Å². The van der Waals surface area contributed by atoms with Gasteiger partial charge in [-0.1, -0.05) is 23.1 Å². The van der Waals surface area contributed by atoms with Crippen LogP contribution in [0.1, 0.15) is 29.4 Å². The number of hydrogen-bond donors (Lipinski definition) is 0. The number of rotatable bonds is 6. The Kier molecular flexibility index (Phi) is 4.30. The van der Waals surface area contributed by atoms with E-state index in [0.717, 1.165) is 33.7 Å². The largest absolute Gasteiger partial charge is 0.464 e. The predicted molar refractivity (Wildman–Crippen MR) is 82.4 cm³/mol. The molecule has 3 rings (SSSR count). The van der Waals surface area contributed by atoms with Gasteiger partial charge in [0.15, 0.2) is 4.34 Å². The van der Waals surface area contributed by atoms with Crippen molar-refractivity contribution in [1.29, 1.82) is 0 Å². The van der Waals surface area contributed by atoms with Gasteiger partial charge in [0.05, 0.1) is 12.3 Å². The summed E-state index contributed by atoms with van der Waals surface area (Å²) < 4.78 is 6.44. The molecular formula is C14H17N3O2S2. The minimum absolute atomic E-state index is 0.143. The first-order chi connectivity index (χ1) is 10.1. The third-order valence-corrected chi connectivity index (χ3v) is 5.21. The van der Waals surface area contributed by atoms with E-state index in [0.29, 0.717) is 18.3 Å². The van der Waals surface area contributed by atoms with Crippen molar-refractivity contribution in [3.05, 3.63) is 28.7 Å². The van der Waals surface area contributed by atoms with Gasteiger partial charge in [0.1, 0.15) is 16.5 Å². The Balaban J connectivity index is 1.59. The van der Waals surface area contributed by atoms with Crippen LogP contribution in [-0.2, 0) is 11.3 Å². The van der Waals surface area contributed by atoms with Gasteiger partial charge in [-0.2, -0.15) is 0 Å². The van der Waals surface area contributed by atoms with Crippen LogP contribution in [-0.4, -0.2) is 32.8 Å². The summed E-state index contributed by atoms with van der Waals surface area (Å²) >= 11 is 2.99. The number of carbonyl (C=O) groups is 1. The fourth-order valence-electron chi connectivity index (χ4n) is 2.09. The average molecular weight is 323 g/mol. The van der Waals surface area contributed by atoms with Crippen LogP contribution in [0.15, 0.2) is 20.9 Å². The van der Waals surface area contributed by atoms with Gasteiger partial charge >= 0.3 is 0 Å². The standard InChI is InChI=1S/C14H17N3O2S2/c1-9-3-6-12(19-9)7-17(11-4-5-11)13(18)8-20-14-16-15-10(2)21-14/h3,6,11H,4-5,7-8H2,1-2H3. The molecule has 21 heavy (non-hydrogen) atoms. The molecule has 0 unspecified atom stereocenters. The van der Waals surface area contributed by atoms with Crippen molar-refractivity contribution in [2.75, 3.05) is 5.75 Å². The highest BCUT2D eigenvalue weighted by Gasteiger charge is 2.33. The second-order valence-corrected chi connectivity index (χ2v) is 7.54. The van der Waals surface area contributed by atoms with Gasteiger partial charge in [0.2, 0.25) is 5.91 Å². The molecule has 2 aromatic heterocycles. The van der Waals surface area contributed by atoms with E-state index in [1.54, 1.807) is 0 Å². The molecule has 1 aliphatic rings. The van der Waals surface area contributed by atoms with E-state index < -0.39 is 0 Å². The molecule has 0 aliphatic heterocycles. The van der Waals surface area contributed by atoms with Crippen LogP contribution in [0.2, 0.25) is 0 Å². The molecular weight excluding hydrogens is 306 g/mol. The molecule has 1 saturated carbocycles. The third kappa shape index (κ3) is 3.85. The lowest BCUT2D eigenvalue weighted by Crippen LogP contribution is -2.33. The Labute approximate surface area is 131 Å². The quantitative estimate of drug-likeness (QED) is 0.765. The van der Waals surface area contributed by atoms with Gasteiger partial charge in [0, 0.05) is 6.04 Å². The molecule has 0 N–H and O–H groups in total. The molecule has 0 spiro atoms. The number of nitrogens with zero attached hydrogens (tertiary/aromatic N) is 3. The van der Waals surface area contributed by atoms with Gasteiger partial charge in [0.25, 0.3) is 0 Å². The molecule has 1 amide bonds. The number of carbonyl (C=O) groups excluding carboxylic acids is 1. The number of thioether (sulfide) groups is 1. The van der Waals surface area contributed by atoms with Crippen molar-refractivity contribution in [3.8, 4) is 0 Å². The molecule has 0 radical (unpaired) electrons. The number of hydrogen-bond acceptors (Lipinski definition) is 6. The summed E-state index contributed by atoms with van der Waals surface area (Å²) in [4.78, 5) is 14.4. The number of aryl methyl sites for hydroxylation is 2. The minimum atomic E-state index is 0.143. The molecule has 0 aromatic carbocycles. The first-order valence-corrected chi connectivity index (χ1v) is 8.70. The fourth-order valence-corrected chi connectivity index (χ4v) is 3.79. The topological polar surface area (TPSA) is 59.2 Å². The summed E-state index contributed by atoms with van der Waals surface area (Å²) in [6.07, 6.45) is 2.18.